The van der Waals surface area contributed by atoms with Gasteiger partial charge in [-0.3, -0.25) is 0 Å². The van der Waals surface area contributed by atoms with Crippen molar-refractivity contribution < 1.29 is 0 Å². The van der Waals surface area contributed by atoms with Crippen molar-refractivity contribution >= 4 is 32.7 Å². The molecule has 0 aliphatic carbocycles. The largest absolute Gasteiger partial charge is 0.0985 e. The first-order chi connectivity index (χ1) is 20.5. The molecule has 42 heavy (non-hydrogen) atoms. The summed E-state index contributed by atoms with van der Waals surface area (Å²) in [5.74, 6) is 0. The third kappa shape index (κ3) is 5.37. The molecule has 5 aromatic rings. The van der Waals surface area contributed by atoms with Crippen molar-refractivity contribution in [2.24, 2.45) is 0 Å². The number of hydrogen-bond acceptors (Lipinski definition) is 0. The van der Waals surface area contributed by atoms with Gasteiger partial charge in [0.25, 0.3) is 0 Å². The summed E-state index contributed by atoms with van der Waals surface area (Å²) in [6.45, 7) is 16.9. The molecule has 0 bridgehead atoms. The Morgan fingerprint density at radius 2 is 1.24 bits per heavy atom. The zero-order valence-electron chi connectivity index (χ0n) is 25.1. The predicted molar refractivity (Wildman–Crippen MR) is 188 cm³/mol. The van der Waals surface area contributed by atoms with E-state index >= 15 is 0 Å². The molecule has 0 heteroatoms. The lowest BCUT2D eigenvalue weighted by atomic mass is 9.81. The molecule has 0 nitrogen and oxygen atoms in total. The average molecular weight is 543 g/mol. The minimum Gasteiger partial charge on any atom is -0.0985 e. The minimum absolute atomic E-state index is 1.01. The Kier molecular flexibility index (Phi) is 8.65. The van der Waals surface area contributed by atoms with Gasteiger partial charge in [-0.15, -0.1) is 0 Å². The lowest BCUT2D eigenvalue weighted by Crippen LogP contribution is -1.97. The smallest absolute Gasteiger partial charge is 0.00179 e. The minimum atomic E-state index is 1.01. The van der Waals surface area contributed by atoms with Crippen molar-refractivity contribution in [1.82, 2.24) is 0 Å². The van der Waals surface area contributed by atoms with E-state index in [2.05, 4.69) is 168 Å². The molecule has 0 aromatic heterocycles. The summed E-state index contributed by atoms with van der Waals surface area (Å²) in [4.78, 5) is 0. The summed E-state index contributed by atoms with van der Waals surface area (Å²) in [5.41, 5.74) is 11.7. The summed E-state index contributed by atoms with van der Waals surface area (Å²) >= 11 is 0. The topological polar surface area (TPSA) is 0 Å². The Bertz CT molecular complexity index is 1900. The van der Waals surface area contributed by atoms with Gasteiger partial charge in [-0.1, -0.05) is 141 Å². The Hall–Kier alpha value is -4.94. The molecule has 0 saturated carbocycles. The molecule has 206 valence electrons. The Balaban J connectivity index is 1.95. The van der Waals surface area contributed by atoms with Crippen molar-refractivity contribution in [3.8, 4) is 22.3 Å². The molecule has 0 atom stereocenters. The predicted octanol–water partition coefficient (Wildman–Crippen LogP) is 12.4. The molecule has 0 spiro atoms. The average Bonchev–Trinajstić information content (AvgIpc) is 3.02. The molecule has 0 heterocycles. The SMILES string of the molecule is C=C/C(=C\C)c1ccc(-c2c3ccccc3c(/C(C(=C)/C=C\C)=C(C)\C=C/C)c3ccc(-c4ccccc4)cc23)cc1. The third-order valence-corrected chi connectivity index (χ3v) is 7.92. The van der Waals surface area contributed by atoms with E-state index in [1.807, 2.05) is 6.08 Å². The molecule has 0 amide bonds. The lowest BCUT2D eigenvalue weighted by Gasteiger charge is -2.22. The molecular formula is C42H38. The number of benzene rings is 5. The molecule has 0 fully saturated rings. The monoisotopic (exact) mass is 542 g/mol. The summed E-state index contributed by atoms with van der Waals surface area (Å²) in [6, 6.07) is 35.3. The zero-order chi connectivity index (χ0) is 29.6. The highest BCUT2D eigenvalue weighted by atomic mass is 14.2. The fourth-order valence-corrected chi connectivity index (χ4v) is 6.03. The summed E-state index contributed by atoms with van der Waals surface area (Å²) in [6.07, 6.45) is 12.5. The summed E-state index contributed by atoms with van der Waals surface area (Å²) in [5, 5.41) is 4.90. The van der Waals surface area contributed by atoms with Crippen LogP contribution in [0.5, 0.6) is 0 Å². The van der Waals surface area contributed by atoms with E-state index in [1.54, 1.807) is 0 Å². The second-order valence-electron chi connectivity index (χ2n) is 10.5. The van der Waals surface area contributed by atoms with Gasteiger partial charge in [0.2, 0.25) is 0 Å². The lowest BCUT2D eigenvalue weighted by molar-refractivity contribution is 1.48. The van der Waals surface area contributed by atoms with Crippen LogP contribution in [-0.2, 0) is 0 Å². The van der Waals surface area contributed by atoms with Crippen LogP contribution in [0.25, 0.3) is 54.9 Å². The van der Waals surface area contributed by atoms with E-state index in [9.17, 15) is 0 Å². The summed E-state index contributed by atoms with van der Waals surface area (Å²) in [7, 11) is 0. The molecular weight excluding hydrogens is 504 g/mol. The third-order valence-electron chi connectivity index (χ3n) is 7.92. The van der Waals surface area contributed by atoms with Crippen LogP contribution in [0.1, 0.15) is 38.8 Å². The van der Waals surface area contributed by atoms with Crippen molar-refractivity contribution in [2.45, 2.75) is 27.7 Å². The van der Waals surface area contributed by atoms with E-state index in [1.165, 1.54) is 66.1 Å². The van der Waals surface area contributed by atoms with Crippen LogP contribution in [0.3, 0.4) is 0 Å². The maximum Gasteiger partial charge on any atom is -0.00179 e. The number of hydrogen-bond donors (Lipinski definition) is 0. The van der Waals surface area contributed by atoms with Gasteiger partial charge in [-0.2, -0.15) is 0 Å². The molecule has 0 saturated heterocycles. The van der Waals surface area contributed by atoms with Crippen LogP contribution in [0.2, 0.25) is 0 Å². The van der Waals surface area contributed by atoms with Crippen molar-refractivity contribution in [1.29, 1.82) is 0 Å². The molecule has 0 aliphatic rings. The van der Waals surface area contributed by atoms with Gasteiger partial charge in [0.05, 0.1) is 0 Å². The number of fused-ring (bicyclic) bond motifs is 2. The summed E-state index contributed by atoms with van der Waals surface area (Å²) < 4.78 is 0. The van der Waals surface area contributed by atoms with Gasteiger partial charge >= 0.3 is 0 Å². The van der Waals surface area contributed by atoms with Gasteiger partial charge in [0.15, 0.2) is 0 Å². The van der Waals surface area contributed by atoms with Crippen molar-refractivity contribution in [3.63, 3.8) is 0 Å². The molecule has 5 rings (SSSR count). The highest BCUT2D eigenvalue weighted by Gasteiger charge is 2.20. The maximum atomic E-state index is 4.53. The van der Waals surface area contributed by atoms with Crippen molar-refractivity contribution in [3.05, 3.63) is 169 Å². The quantitative estimate of drug-likeness (QED) is 0.135. The van der Waals surface area contributed by atoms with Crippen LogP contribution in [0.4, 0.5) is 0 Å². The highest BCUT2D eigenvalue weighted by Crippen LogP contribution is 2.45. The standard InChI is InChI=1S/C42H38/c1-7-16-29(5)40(30(6)17-8-2)42-37-21-15-14-20-36(37)41(34-24-22-33(23-25-34)31(9-3)10-4)39-28-35(26-27-38(39)42)32-18-12-11-13-19-32/h7-28H,3,5H2,1-2,4,6H3/b16-7-,17-8-,31-10+,40-30-. The zero-order valence-corrected chi connectivity index (χ0v) is 25.1. The first-order valence-electron chi connectivity index (χ1n) is 14.6. The first-order valence-corrected chi connectivity index (χ1v) is 14.6. The van der Waals surface area contributed by atoms with Crippen LogP contribution < -0.4 is 0 Å². The van der Waals surface area contributed by atoms with Gasteiger partial charge in [0, 0.05) is 0 Å². The Morgan fingerprint density at radius 3 is 1.88 bits per heavy atom. The van der Waals surface area contributed by atoms with Crippen LogP contribution >= 0.6 is 0 Å². The first kappa shape index (κ1) is 28.6. The van der Waals surface area contributed by atoms with Gasteiger partial charge in [-0.25, -0.2) is 0 Å². The number of allylic oxidation sites excluding steroid dienone is 10. The second-order valence-corrected chi connectivity index (χ2v) is 10.5. The fraction of sp³-hybridized carbons (Fsp3) is 0.0952. The van der Waals surface area contributed by atoms with Gasteiger partial charge < -0.3 is 0 Å². The van der Waals surface area contributed by atoms with Gasteiger partial charge in [-0.05, 0) is 111 Å². The Morgan fingerprint density at radius 1 is 0.619 bits per heavy atom. The highest BCUT2D eigenvalue weighted by molar-refractivity contribution is 6.21. The van der Waals surface area contributed by atoms with E-state index in [0.717, 1.165) is 11.1 Å². The normalized spacial score (nSPS) is 12.8. The number of rotatable bonds is 8. The molecule has 0 unspecified atom stereocenters. The van der Waals surface area contributed by atoms with Crippen LogP contribution in [0, 0.1) is 0 Å². The molecule has 5 aromatic carbocycles. The van der Waals surface area contributed by atoms with Crippen LogP contribution in [0.15, 0.2) is 158 Å². The van der Waals surface area contributed by atoms with E-state index < -0.39 is 0 Å². The van der Waals surface area contributed by atoms with Crippen LogP contribution in [-0.4, -0.2) is 0 Å². The molecule has 0 aliphatic heterocycles. The van der Waals surface area contributed by atoms with E-state index in [0.29, 0.717) is 0 Å². The van der Waals surface area contributed by atoms with E-state index in [-0.39, 0.29) is 0 Å². The van der Waals surface area contributed by atoms with Crippen molar-refractivity contribution in [2.75, 3.05) is 0 Å². The Labute approximate surface area is 251 Å². The molecule has 0 N–H and O–H groups in total. The van der Waals surface area contributed by atoms with E-state index in [4.69, 9.17) is 0 Å². The fourth-order valence-electron chi connectivity index (χ4n) is 6.03. The molecule has 0 radical (unpaired) electrons. The second kappa shape index (κ2) is 12.7. The maximum absolute atomic E-state index is 4.53. The van der Waals surface area contributed by atoms with Gasteiger partial charge in [0.1, 0.15) is 0 Å².